The van der Waals surface area contributed by atoms with Crippen molar-refractivity contribution in [1.82, 2.24) is 19.7 Å². The molecule has 1 aromatic carbocycles. The van der Waals surface area contributed by atoms with Gasteiger partial charge in [0.05, 0.1) is 11.2 Å². The quantitative estimate of drug-likeness (QED) is 0.667. The first-order valence-electron chi connectivity index (χ1n) is 9.00. The average molecular weight is 350 g/mol. The average Bonchev–Trinajstić information content (AvgIpc) is 3.27. The van der Waals surface area contributed by atoms with Crippen molar-refractivity contribution in [3.63, 3.8) is 0 Å². The number of carbonyl (C=O) groups excluding carboxylic acids is 1. The molecule has 0 saturated carbocycles. The number of amides is 1. The molecule has 2 aromatic heterocycles. The van der Waals surface area contributed by atoms with Crippen molar-refractivity contribution < 1.29 is 9.18 Å². The molecule has 0 aliphatic carbocycles. The van der Waals surface area contributed by atoms with Gasteiger partial charge in [0.1, 0.15) is 5.82 Å². The summed E-state index contributed by atoms with van der Waals surface area (Å²) in [6.07, 6.45) is 5.88. The predicted molar refractivity (Wildman–Crippen MR) is 96.1 cm³/mol. The van der Waals surface area contributed by atoms with Crippen LogP contribution in [0.2, 0.25) is 0 Å². The van der Waals surface area contributed by atoms with Crippen molar-refractivity contribution in [3.8, 4) is 11.3 Å². The van der Waals surface area contributed by atoms with Crippen LogP contribution in [0.3, 0.4) is 0 Å². The van der Waals surface area contributed by atoms with E-state index in [1.165, 1.54) is 17.8 Å². The molecule has 132 valence electrons. The van der Waals surface area contributed by atoms with Gasteiger partial charge in [-0.2, -0.15) is 5.10 Å². The van der Waals surface area contributed by atoms with E-state index in [9.17, 15) is 9.18 Å². The maximum atomic E-state index is 13.4. The number of hydrogen-bond acceptors (Lipinski definition) is 3. The van der Waals surface area contributed by atoms with Gasteiger partial charge in [-0.15, -0.1) is 0 Å². The van der Waals surface area contributed by atoms with E-state index in [1.807, 2.05) is 11.0 Å². The van der Waals surface area contributed by atoms with Crippen LogP contribution in [0.25, 0.3) is 22.2 Å². The second kappa shape index (κ2) is 5.62. The highest BCUT2D eigenvalue weighted by molar-refractivity contribution is 5.83. The summed E-state index contributed by atoms with van der Waals surface area (Å²) in [5, 5.41) is 5.71. The molecule has 1 atom stereocenters. The smallest absolute Gasteiger partial charge is 0.209 e. The Balaban J connectivity index is 1.57. The van der Waals surface area contributed by atoms with Crippen molar-refractivity contribution in [2.24, 2.45) is 0 Å². The van der Waals surface area contributed by atoms with Gasteiger partial charge in [0.15, 0.2) is 0 Å². The summed E-state index contributed by atoms with van der Waals surface area (Å²) in [5.74, 6) is -0.280. The Morgan fingerprint density at radius 3 is 2.92 bits per heavy atom. The molecule has 1 unspecified atom stereocenters. The van der Waals surface area contributed by atoms with Crippen LogP contribution in [0.4, 0.5) is 4.39 Å². The van der Waals surface area contributed by atoms with E-state index >= 15 is 0 Å². The lowest BCUT2D eigenvalue weighted by molar-refractivity contribution is -0.117. The van der Waals surface area contributed by atoms with E-state index in [4.69, 9.17) is 5.10 Å². The molecule has 1 amide bonds. The minimum absolute atomic E-state index is 0.0256. The number of likely N-dealkylation sites (tertiary alicyclic amines) is 1. The second-order valence-electron chi connectivity index (χ2n) is 7.41. The summed E-state index contributed by atoms with van der Waals surface area (Å²) < 4.78 is 15.5. The third-order valence-corrected chi connectivity index (χ3v) is 5.82. The van der Waals surface area contributed by atoms with E-state index in [-0.39, 0.29) is 11.2 Å². The van der Waals surface area contributed by atoms with Gasteiger partial charge in [-0.25, -0.2) is 4.39 Å². The fraction of sp³-hybridized carbons (Fsp3) is 0.350. The van der Waals surface area contributed by atoms with Crippen LogP contribution in [-0.4, -0.2) is 39.2 Å². The highest BCUT2D eigenvalue weighted by Crippen LogP contribution is 2.42. The van der Waals surface area contributed by atoms with Gasteiger partial charge >= 0.3 is 0 Å². The lowest BCUT2D eigenvalue weighted by Crippen LogP contribution is -2.36. The summed E-state index contributed by atoms with van der Waals surface area (Å²) >= 11 is 0. The zero-order valence-electron chi connectivity index (χ0n) is 14.4. The minimum Gasteiger partial charge on any atom is -0.344 e. The molecule has 4 heterocycles. The maximum absolute atomic E-state index is 13.4. The Hall–Kier alpha value is -2.76. The number of halogens is 1. The molecule has 26 heavy (non-hydrogen) atoms. The van der Waals surface area contributed by atoms with Gasteiger partial charge < -0.3 is 4.90 Å². The Morgan fingerprint density at radius 2 is 2.08 bits per heavy atom. The Kier molecular flexibility index (Phi) is 3.35. The zero-order valence-corrected chi connectivity index (χ0v) is 14.4. The molecule has 1 fully saturated rings. The Labute approximate surface area is 150 Å². The molecule has 2 aliphatic rings. The summed E-state index contributed by atoms with van der Waals surface area (Å²) in [7, 11) is 0. The summed E-state index contributed by atoms with van der Waals surface area (Å²) in [6, 6.07) is 8.80. The normalized spacial score (nSPS) is 22.1. The number of rotatable bonds is 2. The van der Waals surface area contributed by atoms with Crippen molar-refractivity contribution in [1.29, 1.82) is 0 Å². The molecule has 2 aliphatic heterocycles. The van der Waals surface area contributed by atoms with Crippen LogP contribution in [0.5, 0.6) is 0 Å². The van der Waals surface area contributed by atoms with Gasteiger partial charge in [0, 0.05) is 54.0 Å². The van der Waals surface area contributed by atoms with Crippen molar-refractivity contribution >= 4 is 17.3 Å². The molecule has 3 aromatic rings. The van der Waals surface area contributed by atoms with Crippen LogP contribution in [0.1, 0.15) is 25.0 Å². The third kappa shape index (κ3) is 2.32. The number of fused-ring (bicyclic) bond motifs is 3. The summed E-state index contributed by atoms with van der Waals surface area (Å²) in [5.41, 5.74) is 3.72. The molecule has 0 bridgehead atoms. The van der Waals surface area contributed by atoms with E-state index in [2.05, 4.69) is 15.7 Å². The number of benzene rings is 1. The Bertz CT molecular complexity index is 1010. The highest BCUT2D eigenvalue weighted by atomic mass is 19.1. The first kappa shape index (κ1) is 15.5. The topological polar surface area (TPSA) is 51.0 Å². The largest absolute Gasteiger partial charge is 0.344 e. The number of hydrogen-bond donors (Lipinski definition) is 0. The van der Waals surface area contributed by atoms with Crippen LogP contribution in [0.15, 0.2) is 36.5 Å². The summed E-state index contributed by atoms with van der Waals surface area (Å²) in [4.78, 5) is 17.5. The molecule has 5 nitrogen and oxygen atoms in total. The van der Waals surface area contributed by atoms with Crippen molar-refractivity contribution in [2.75, 3.05) is 13.1 Å². The first-order chi connectivity index (χ1) is 12.7. The predicted octanol–water partition coefficient (Wildman–Crippen LogP) is 3.13. The molecule has 5 rings (SSSR count). The van der Waals surface area contributed by atoms with Crippen molar-refractivity contribution in [3.05, 3.63) is 48.0 Å². The monoisotopic (exact) mass is 350 g/mol. The number of carbonyl (C=O) groups is 1. The van der Waals surface area contributed by atoms with Crippen LogP contribution >= 0.6 is 0 Å². The molecule has 0 radical (unpaired) electrons. The molecule has 1 saturated heterocycles. The standard InChI is InChI=1S/C20H19FN4O/c21-16-3-2-14-8-15(11-22-17(14)9-16)18-10-19-20(4-1-6-25(19)23-18)5-7-24(12-20)13-26/h2-3,8-11,13H,1,4-7,12H2. The first-order valence-corrected chi connectivity index (χ1v) is 9.00. The number of nitrogens with zero attached hydrogens (tertiary/aromatic N) is 4. The zero-order chi connectivity index (χ0) is 17.7. The lowest BCUT2D eigenvalue weighted by Gasteiger charge is -2.33. The maximum Gasteiger partial charge on any atom is 0.209 e. The number of aromatic nitrogens is 3. The SMILES string of the molecule is O=CN1CCC2(CCCn3nc(-c4cnc5cc(F)ccc5c4)cc32)C1. The van der Waals surface area contributed by atoms with Gasteiger partial charge in [-0.1, -0.05) is 0 Å². The lowest BCUT2D eigenvalue weighted by atomic mass is 9.77. The molecule has 1 spiro atoms. The summed E-state index contributed by atoms with van der Waals surface area (Å²) in [6.45, 7) is 2.49. The van der Waals surface area contributed by atoms with Crippen LogP contribution in [-0.2, 0) is 16.8 Å². The van der Waals surface area contributed by atoms with Gasteiger partial charge in [-0.3, -0.25) is 14.5 Å². The second-order valence-corrected chi connectivity index (χ2v) is 7.41. The van der Waals surface area contributed by atoms with E-state index < -0.39 is 0 Å². The van der Waals surface area contributed by atoms with E-state index in [0.717, 1.165) is 62.0 Å². The molecule has 0 N–H and O–H groups in total. The minimum atomic E-state index is -0.280. The van der Waals surface area contributed by atoms with Gasteiger partial charge in [0.2, 0.25) is 6.41 Å². The van der Waals surface area contributed by atoms with Gasteiger partial charge in [-0.05, 0) is 43.5 Å². The fourth-order valence-corrected chi connectivity index (χ4v) is 4.49. The molecular weight excluding hydrogens is 331 g/mol. The number of pyridine rings is 1. The van der Waals surface area contributed by atoms with Crippen LogP contribution < -0.4 is 0 Å². The van der Waals surface area contributed by atoms with Gasteiger partial charge in [0.25, 0.3) is 0 Å². The molecular formula is C20H19FN4O. The highest BCUT2D eigenvalue weighted by Gasteiger charge is 2.43. The third-order valence-electron chi connectivity index (χ3n) is 5.82. The van der Waals surface area contributed by atoms with E-state index in [0.29, 0.717) is 5.52 Å². The number of aryl methyl sites for hydroxylation is 1. The van der Waals surface area contributed by atoms with E-state index in [1.54, 1.807) is 12.3 Å². The fourth-order valence-electron chi connectivity index (χ4n) is 4.49. The Morgan fingerprint density at radius 1 is 1.15 bits per heavy atom. The molecule has 6 heteroatoms. The van der Waals surface area contributed by atoms with Crippen molar-refractivity contribution in [2.45, 2.75) is 31.2 Å². The van der Waals surface area contributed by atoms with Crippen LogP contribution in [0, 0.1) is 5.82 Å².